The molecule has 0 fully saturated rings. The SMILES string of the molecule is [N-]=[N+]=NCc1ccc(Br)cc1F. The molecule has 0 bridgehead atoms. The summed E-state index contributed by atoms with van der Waals surface area (Å²) in [4.78, 5) is 2.54. The smallest absolute Gasteiger partial charge is 0.127 e. The first kappa shape index (κ1) is 9.03. The van der Waals surface area contributed by atoms with Gasteiger partial charge >= 0.3 is 0 Å². The molecule has 0 aliphatic heterocycles. The lowest BCUT2D eigenvalue weighted by Gasteiger charge is -1.97. The van der Waals surface area contributed by atoms with Crippen LogP contribution < -0.4 is 0 Å². The van der Waals surface area contributed by atoms with E-state index in [-0.39, 0.29) is 12.4 Å². The zero-order chi connectivity index (χ0) is 8.97. The van der Waals surface area contributed by atoms with Gasteiger partial charge < -0.3 is 0 Å². The van der Waals surface area contributed by atoms with Gasteiger partial charge in [-0.25, -0.2) is 4.39 Å². The molecule has 5 heteroatoms. The molecule has 0 radical (unpaired) electrons. The van der Waals surface area contributed by atoms with Crippen LogP contribution in [0.25, 0.3) is 10.4 Å². The lowest BCUT2D eigenvalue weighted by molar-refractivity contribution is 0.609. The third-order valence-corrected chi connectivity index (χ3v) is 1.81. The van der Waals surface area contributed by atoms with Gasteiger partial charge in [0.2, 0.25) is 0 Å². The van der Waals surface area contributed by atoms with E-state index < -0.39 is 0 Å². The third-order valence-electron chi connectivity index (χ3n) is 1.32. The van der Waals surface area contributed by atoms with Crippen LogP contribution in [0.4, 0.5) is 4.39 Å². The minimum Gasteiger partial charge on any atom is -0.207 e. The van der Waals surface area contributed by atoms with Gasteiger partial charge in [0.25, 0.3) is 0 Å². The molecule has 3 nitrogen and oxygen atoms in total. The van der Waals surface area contributed by atoms with Gasteiger partial charge in [0.05, 0.1) is 6.54 Å². The van der Waals surface area contributed by atoms with Gasteiger partial charge in [-0.15, -0.1) is 0 Å². The summed E-state index contributed by atoms with van der Waals surface area (Å²) in [7, 11) is 0. The molecule has 1 aromatic carbocycles. The van der Waals surface area contributed by atoms with Gasteiger partial charge in [0, 0.05) is 9.38 Å². The summed E-state index contributed by atoms with van der Waals surface area (Å²) in [5.41, 5.74) is 8.40. The Labute approximate surface area is 77.0 Å². The van der Waals surface area contributed by atoms with Crippen LogP contribution in [-0.4, -0.2) is 0 Å². The van der Waals surface area contributed by atoms with Crippen molar-refractivity contribution in [1.29, 1.82) is 0 Å². The number of hydrogen-bond acceptors (Lipinski definition) is 1. The molecule has 0 aliphatic rings. The molecule has 0 atom stereocenters. The molecule has 12 heavy (non-hydrogen) atoms. The van der Waals surface area contributed by atoms with Crippen LogP contribution in [0, 0.1) is 5.82 Å². The fourth-order valence-electron chi connectivity index (χ4n) is 0.758. The number of halogens is 2. The van der Waals surface area contributed by atoms with E-state index in [1.807, 2.05) is 0 Å². The average Bonchev–Trinajstić information content (AvgIpc) is 2.03. The zero-order valence-electron chi connectivity index (χ0n) is 6.04. The topological polar surface area (TPSA) is 48.8 Å². The van der Waals surface area contributed by atoms with E-state index in [0.29, 0.717) is 10.0 Å². The molecule has 0 unspecified atom stereocenters. The highest BCUT2D eigenvalue weighted by atomic mass is 79.9. The quantitative estimate of drug-likeness (QED) is 0.424. The molecule has 1 aromatic rings. The molecule has 1 rings (SSSR count). The van der Waals surface area contributed by atoms with E-state index >= 15 is 0 Å². The molecular weight excluding hydrogens is 225 g/mol. The summed E-state index contributed by atoms with van der Waals surface area (Å²) in [5.74, 6) is -0.364. The Morgan fingerprint density at radius 2 is 2.33 bits per heavy atom. The predicted molar refractivity (Wildman–Crippen MR) is 47.0 cm³/mol. The molecule has 0 aliphatic carbocycles. The Bertz CT molecular complexity index is 333. The first-order chi connectivity index (χ1) is 5.74. The van der Waals surface area contributed by atoms with Crippen molar-refractivity contribution < 1.29 is 4.39 Å². The molecule has 0 saturated heterocycles. The molecule has 0 aromatic heterocycles. The van der Waals surface area contributed by atoms with Crippen LogP contribution >= 0.6 is 15.9 Å². The number of hydrogen-bond donors (Lipinski definition) is 0. The minimum absolute atomic E-state index is 0.0512. The van der Waals surface area contributed by atoms with Gasteiger partial charge in [0.15, 0.2) is 0 Å². The van der Waals surface area contributed by atoms with E-state index in [1.165, 1.54) is 6.07 Å². The number of azide groups is 1. The lowest BCUT2D eigenvalue weighted by atomic mass is 10.2. The van der Waals surface area contributed by atoms with E-state index in [1.54, 1.807) is 12.1 Å². The van der Waals surface area contributed by atoms with Crippen LogP contribution in [0.1, 0.15) is 5.56 Å². The Balaban J connectivity index is 2.93. The summed E-state index contributed by atoms with van der Waals surface area (Å²) in [6.07, 6.45) is 0. The van der Waals surface area contributed by atoms with Gasteiger partial charge in [-0.2, -0.15) is 0 Å². The molecule has 62 valence electrons. The molecular formula is C7H5BrFN3. The lowest BCUT2D eigenvalue weighted by Crippen LogP contribution is -1.86. The first-order valence-electron chi connectivity index (χ1n) is 3.19. The normalized spacial score (nSPS) is 9.17. The van der Waals surface area contributed by atoms with E-state index in [2.05, 4.69) is 26.0 Å². The van der Waals surface area contributed by atoms with E-state index in [4.69, 9.17) is 5.53 Å². The van der Waals surface area contributed by atoms with Gasteiger partial charge in [0.1, 0.15) is 5.82 Å². The summed E-state index contributed by atoms with van der Waals surface area (Å²) in [5, 5.41) is 3.26. The number of nitrogens with zero attached hydrogens (tertiary/aromatic N) is 3. The maximum Gasteiger partial charge on any atom is 0.127 e. The van der Waals surface area contributed by atoms with Gasteiger partial charge in [-0.1, -0.05) is 27.1 Å². The minimum atomic E-state index is -0.364. The Kier molecular flexibility index (Phi) is 3.08. The van der Waals surface area contributed by atoms with Gasteiger partial charge in [-0.05, 0) is 23.2 Å². The van der Waals surface area contributed by atoms with E-state index in [0.717, 1.165) is 0 Å². The summed E-state index contributed by atoms with van der Waals surface area (Å²) in [6.45, 7) is 0.0512. The fraction of sp³-hybridized carbons (Fsp3) is 0.143. The van der Waals surface area contributed by atoms with Crippen molar-refractivity contribution in [1.82, 2.24) is 0 Å². The standard InChI is InChI=1S/C7H5BrFN3/c8-6-2-1-5(4-11-12-10)7(9)3-6/h1-3H,4H2. The van der Waals surface area contributed by atoms with Crippen LogP contribution in [0.5, 0.6) is 0 Å². The maximum absolute atomic E-state index is 13.0. The van der Waals surface area contributed by atoms with Gasteiger partial charge in [-0.3, -0.25) is 0 Å². The molecule has 0 heterocycles. The van der Waals surface area contributed by atoms with Crippen molar-refractivity contribution in [2.45, 2.75) is 6.54 Å². The molecule has 0 amide bonds. The summed E-state index contributed by atoms with van der Waals surface area (Å²) >= 11 is 3.12. The third kappa shape index (κ3) is 2.22. The van der Waals surface area contributed by atoms with Crippen molar-refractivity contribution >= 4 is 15.9 Å². The highest BCUT2D eigenvalue weighted by Gasteiger charge is 1.99. The largest absolute Gasteiger partial charge is 0.207 e. The highest BCUT2D eigenvalue weighted by molar-refractivity contribution is 9.10. The Morgan fingerprint density at radius 3 is 2.92 bits per heavy atom. The fourth-order valence-corrected chi connectivity index (χ4v) is 1.09. The van der Waals surface area contributed by atoms with Crippen molar-refractivity contribution in [3.05, 3.63) is 44.5 Å². The maximum atomic E-state index is 13.0. The second kappa shape index (κ2) is 4.09. The number of benzene rings is 1. The van der Waals surface area contributed by atoms with Crippen molar-refractivity contribution in [3.8, 4) is 0 Å². The van der Waals surface area contributed by atoms with Crippen molar-refractivity contribution in [2.24, 2.45) is 5.11 Å². The summed E-state index contributed by atoms with van der Waals surface area (Å²) in [6, 6.07) is 4.61. The molecule has 0 N–H and O–H groups in total. The average molecular weight is 230 g/mol. The van der Waals surface area contributed by atoms with Crippen molar-refractivity contribution in [2.75, 3.05) is 0 Å². The van der Waals surface area contributed by atoms with Crippen LogP contribution in [0.15, 0.2) is 27.8 Å². The predicted octanol–water partition coefficient (Wildman–Crippen LogP) is 3.40. The second-order valence-corrected chi connectivity index (χ2v) is 3.04. The molecule has 0 spiro atoms. The Hall–Kier alpha value is -1.06. The monoisotopic (exact) mass is 229 g/mol. The number of rotatable bonds is 2. The summed E-state index contributed by atoms with van der Waals surface area (Å²) < 4.78 is 13.6. The molecule has 0 saturated carbocycles. The second-order valence-electron chi connectivity index (χ2n) is 2.12. The Morgan fingerprint density at radius 1 is 1.58 bits per heavy atom. The van der Waals surface area contributed by atoms with Crippen LogP contribution in [0.2, 0.25) is 0 Å². The highest BCUT2D eigenvalue weighted by Crippen LogP contribution is 2.15. The van der Waals surface area contributed by atoms with E-state index in [9.17, 15) is 4.39 Å². The van der Waals surface area contributed by atoms with Crippen LogP contribution in [0.3, 0.4) is 0 Å². The van der Waals surface area contributed by atoms with Crippen LogP contribution in [-0.2, 0) is 6.54 Å². The zero-order valence-corrected chi connectivity index (χ0v) is 7.62. The van der Waals surface area contributed by atoms with Crippen molar-refractivity contribution in [3.63, 3.8) is 0 Å². The first-order valence-corrected chi connectivity index (χ1v) is 3.98.